The maximum Gasteiger partial charge on any atom is 0.504 e. The van der Waals surface area contributed by atoms with Crippen LogP contribution >= 0.6 is 11.6 Å². The number of halogens is 4. The van der Waals surface area contributed by atoms with Crippen LogP contribution in [-0.2, 0) is 6.30 Å². The van der Waals surface area contributed by atoms with Gasteiger partial charge in [0, 0.05) is 11.8 Å². The Balaban J connectivity index is 2.20. The molecule has 3 rings (SSSR count). The lowest BCUT2D eigenvalue weighted by molar-refractivity contribution is -0.212. The number of fused-ring (bicyclic) bond motifs is 1. The minimum absolute atomic E-state index is 0.0825. The minimum atomic E-state index is -4.59. The highest BCUT2D eigenvalue weighted by Gasteiger charge is 2.32. The van der Waals surface area contributed by atoms with Crippen LogP contribution in [0.3, 0.4) is 0 Å². The molecule has 2 aromatic heterocycles. The third kappa shape index (κ3) is 2.35. The molecule has 0 atom stereocenters. The van der Waals surface area contributed by atoms with Gasteiger partial charge in [0.2, 0.25) is 12.2 Å². The van der Waals surface area contributed by atoms with Gasteiger partial charge in [0.05, 0.1) is 28.7 Å². The molecule has 0 aliphatic heterocycles. The van der Waals surface area contributed by atoms with Crippen molar-refractivity contribution in [1.29, 1.82) is 0 Å². The SMILES string of the molecule is COc1n[c]nc2ccc(-c3ccn(C(F)(F)F)n3)c(Cl)c12. The average Bonchev–Trinajstić information content (AvgIpc) is 2.96. The molecule has 0 saturated carbocycles. The molecule has 0 aliphatic rings. The van der Waals surface area contributed by atoms with Crippen molar-refractivity contribution in [3.8, 4) is 17.1 Å². The number of hydrogen-bond donors (Lipinski definition) is 0. The summed E-state index contributed by atoms with van der Waals surface area (Å²) in [6, 6.07) is 4.35. The molecule has 0 unspecified atom stereocenters. The molecule has 1 aromatic carbocycles. The standard InChI is InChI=1S/C13H7ClF3N4O/c1-22-12-10-9(18-6-19-12)3-2-7(11(10)14)8-4-5-21(20-8)13(15,16)17/h2-5H,1H3. The largest absolute Gasteiger partial charge is 0.504 e. The van der Waals surface area contributed by atoms with E-state index in [1.54, 1.807) is 6.07 Å². The lowest BCUT2D eigenvalue weighted by Gasteiger charge is -2.08. The lowest BCUT2D eigenvalue weighted by atomic mass is 10.1. The zero-order valence-electron chi connectivity index (χ0n) is 11.0. The van der Waals surface area contributed by atoms with E-state index < -0.39 is 6.30 Å². The second-order valence-corrected chi connectivity index (χ2v) is 4.65. The van der Waals surface area contributed by atoms with E-state index in [0.29, 0.717) is 16.5 Å². The first-order valence-corrected chi connectivity index (χ1v) is 6.33. The van der Waals surface area contributed by atoms with Gasteiger partial charge < -0.3 is 4.74 Å². The lowest BCUT2D eigenvalue weighted by Crippen LogP contribution is -2.16. The number of hydrogen-bond acceptors (Lipinski definition) is 4. The van der Waals surface area contributed by atoms with E-state index in [-0.39, 0.29) is 21.3 Å². The summed E-state index contributed by atoms with van der Waals surface area (Å²) in [6.07, 6.45) is -1.35. The Labute approximate surface area is 127 Å². The van der Waals surface area contributed by atoms with Crippen LogP contribution in [0.2, 0.25) is 5.02 Å². The van der Waals surface area contributed by atoms with E-state index in [2.05, 4.69) is 21.4 Å². The molecule has 0 amide bonds. The smallest absolute Gasteiger partial charge is 0.480 e. The summed E-state index contributed by atoms with van der Waals surface area (Å²) in [4.78, 5) is 7.74. The molecule has 3 aromatic rings. The third-order valence-corrected chi connectivity index (χ3v) is 3.37. The van der Waals surface area contributed by atoms with Crippen LogP contribution in [0.1, 0.15) is 0 Å². The summed E-state index contributed by atoms with van der Waals surface area (Å²) < 4.78 is 42.8. The predicted molar refractivity (Wildman–Crippen MR) is 72.5 cm³/mol. The number of nitrogens with zero attached hydrogens (tertiary/aromatic N) is 4. The van der Waals surface area contributed by atoms with Crippen molar-refractivity contribution < 1.29 is 17.9 Å². The Bertz CT molecular complexity index is 847. The highest BCUT2D eigenvalue weighted by atomic mass is 35.5. The first-order valence-electron chi connectivity index (χ1n) is 5.95. The highest BCUT2D eigenvalue weighted by Crippen LogP contribution is 2.37. The van der Waals surface area contributed by atoms with E-state index >= 15 is 0 Å². The summed E-state index contributed by atoms with van der Waals surface area (Å²) in [7, 11) is 1.40. The Kier molecular flexibility index (Phi) is 3.40. The van der Waals surface area contributed by atoms with Gasteiger partial charge in [-0.2, -0.15) is 14.8 Å². The maximum atomic E-state index is 12.6. The molecule has 9 heteroatoms. The zero-order chi connectivity index (χ0) is 15.9. The van der Waals surface area contributed by atoms with Crippen molar-refractivity contribution in [3.05, 3.63) is 35.7 Å². The Morgan fingerprint density at radius 2 is 2.00 bits per heavy atom. The van der Waals surface area contributed by atoms with Crippen molar-refractivity contribution >= 4 is 22.5 Å². The quantitative estimate of drug-likeness (QED) is 0.723. The molecule has 0 spiro atoms. The number of ether oxygens (including phenoxy) is 1. The van der Waals surface area contributed by atoms with E-state index in [4.69, 9.17) is 16.3 Å². The van der Waals surface area contributed by atoms with Gasteiger partial charge in [0.1, 0.15) is 0 Å². The second-order valence-electron chi connectivity index (χ2n) is 4.27. The molecular weight excluding hydrogens is 321 g/mol. The van der Waals surface area contributed by atoms with Crippen LogP contribution < -0.4 is 4.74 Å². The fourth-order valence-corrected chi connectivity index (χ4v) is 2.33. The molecule has 0 aliphatic carbocycles. The molecule has 1 radical (unpaired) electrons. The van der Waals surface area contributed by atoms with Crippen molar-refractivity contribution in [2.75, 3.05) is 7.11 Å². The van der Waals surface area contributed by atoms with Crippen molar-refractivity contribution in [2.45, 2.75) is 6.30 Å². The average molecular weight is 328 g/mol. The Morgan fingerprint density at radius 3 is 2.64 bits per heavy atom. The number of methoxy groups -OCH3 is 1. The van der Waals surface area contributed by atoms with E-state index in [1.807, 2.05) is 0 Å². The van der Waals surface area contributed by atoms with Crippen LogP contribution in [0.25, 0.3) is 22.2 Å². The summed E-state index contributed by atoms with van der Waals surface area (Å²) in [5.74, 6) is 0.187. The highest BCUT2D eigenvalue weighted by molar-refractivity contribution is 6.38. The van der Waals surface area contributed by atoms with Crippen LogP contribution in [0, 0.1) is 6.33 Å². The fourth-order valence-electron chi connectivity index (χ4n) is 2.00. The molecule has 2 heterocycles. The van der Waals surface area contributed by atoms with Gasteiger partial charge in [-0.15, -0.1) is 13.2 Å². The van der Waals surface area contributed by atoms with E-state index in [0.717, 1.165) is 6.20 Å². The summed E-state index contributed by atoms with van der Waals surface area (Å²) >= 11 is 6.28. The molecule has 0 fully saturated rings. The number of benzene rings is 1. The zero-order valence-corrected chi connectivity index (χ0v) is 11.8. The summed E-state index contributed by atoms with van der Waals surface area (Å²) in [5.41, 5.74) is 0.875. The van der Waals surface area contributed by atoms with Gasteiger partial charge in [-0.05, 0) is 18.2 Å². The van der Waals surface area contributed by atoms with Crippen molar-refractivity contribution in [3.63, 3.8) is 0 Å². The minimum Gasteiger partial charge on any atom is -0.480 e. The topological polar surface area (TPSA) is 52.8 Å². The van der Waals surface area contributed by atoms with E-state index in [1.165, 1.54) is 19.2 Å². The first-order chi connectivity index (χ1) is 10.4. The monoisotopic (exact) mass is 327 g/mol. The molecule has 0 saturated heterocycles. The van der Waals surface area contributed by atoms with Gasteiger partial charge in [-0.3, -0.25) is 0 Å². The van der Waals surface area contributed by atoms with Gasteiger partial charge >= 0.3 is 6.30 Å². The van der Waals surface area contributed by atoms with Crippen LogP contribution in [0.15, 0.2) is 24.4 Å². The Hall–Kier alpha value is -2.35. The van der Waals surface area contributed by atoms with Gasteiger partial charge in [0.15, 0.2) is 0 Å². The number of aromatic nitrogens is 4. The molecule has 0 bridgehead atoms. The van der Waals surface area contributed by atoms with Crippen molar-refractivity contribution in [1.82, 2.24) is 19.7 Å². The molecule has 0 N–H and O–H groups in total. The molecule has 5 nitrogen and oxygen atoms in total. The van der Waals surface area contributed by atoms with Crippen LogP contribution in [0.5, 0.6) is 5.88 Å². The summed E-state index contributed by atoms with van der Waals surface area (Å²) in [5, 5.41) is 4.05. The predicted octanol–water partition coefficient (Wildman–Crippen LogP) is 3.43. The number of rotatable bonds is 2. The molecular formula is C13H7ClF3N4O. The van der Waals surface area contributed by atoms with E-state index in [9.17, 15) is 13.2 Å². The summed E-state index contributed by atoms with van der Waals surface area (Å²) in [6.45, 7) is 0. The van der Waals surface area contributed by atoms with Crippen LogP contribution in [-0.4, -0.2) is 26.9 Å². The van der Waals surface area contributed by atoms with Crippen LogP contribution in [0.4, 0.5) is 13.2 Å². The van der Waals surface area contributed by atoms with Crippen molar-refractivity contribution in [2.24, 2.45) is 0 Å². The molecule has 113 valence electrons. The maximum absolute atomic E-state index is 12.6. The fraction of sp³-hybridized carbons (Fsp3) is 0.154. The van der Waals surface area contributed by atoms with Gasteiger partial charge in [-0.1, -0.05) is 11.6 Å². The first kappa shape index (κ1) is 14.6. The molecule has 22 heavy (non-hydrogen) atoms. The number of alkyl halides is 3. The Morgan fingerprint density at radius 1 is 1.23 bits per heavy atom. The van der Waals surface area contributed by atoms with Gasteiger partial charge in [-0.25, -0.2) is 4.98 Å². The second kappa shape index (κ2) is 5.13. The normalized spacial score (nSPS) is 11.9. The third-order valence-electron chi connectivity index (χ3n) is 2.97. The van der Waals surface area contributed by atoms with Gasteiger partial charge in [0.25, 0.3) is 0 Å².